The Balaban J connectivity index is 1.41. The molecule has 0 spiro atoms. The maximum atomic E-state index is 12.3. The van der Waals surface area contributed by atoms with Crippen molar-refractivity contribution in [3.63, 3.8) is 0 Å². The lowest BCUT2D eigenvalue weighted by Gasteiger charge is -2.06. The van der Waals surface area contributed by atoms with Crippen LogP contribution < -0.4 is 5.76 Å². The van der Waals surface area contributed by atoms with Gasteiger partial charge in [-0.15, -0.1) is 0 Å². The van der Waals surface area contributed by atoms with Gasteiger partial charge in [0.1, 0.15) is 6.54 Å². The largest absolute Gasteiger partial charge is 0.456 e. The molecule has 0 saturated heterocycles. The fraction of sp³-hybridized carbons (Fsp3) is 0.250. The maximum absolute atomic E-state index is 12.3. The molecule has 0 bridgehead atoms. The normalized spacial score (nSPS) is 12.9. The summed E-state index contributed by atoms with van der Waals surface area (Å²) < 4.78 is 11.3. The number of oxazole rings is 1. The summed E-state index contributed by atoms with van der Waals surface area (Å²) in [5, 5.41) is 0. The van der Waals surface area contributed by atoms with Crippen molar-refractivity contribution in [3.05, 3.63) is 69.7 Å². The van der Waals surface area contributed by atoms with Crippen molar-refractivity contribution in [2.45, 2.75) is 25.8 Å². The smallest absolute Gasteiger partial charge is 0.420 e. The molecule has 0 saturated carbocycles. The van der Waals surface area contributed by atoms with Crippen molar-refractivity contribution in [2.24, 2.45) is 0 Å². The van der Waals surface area contributed by atoms with Gasteiger partial charge in [0.05, 0.1) is 5.52 Å². The van der Waals surface area contributed by atoms with E-state index in [1.54, 1.807) is 30.3 Å². The van der Waals surface area contributed by atoms with E-state index >= 15 is 0 Å². The first kappa shape index (κ1) is 16.3. The van der Waals surface area contributed by atoms with Crippen molar-refractivity contribution >= 4 is 22.9 Å². The highest BCUT2D eigenvalue weighted by molar-refractivity contribution is 5.98. The summed E-state index contributed by atoms with van der Waals surface area (Å²) in [7, 11) is 0. The number of ether oxygens (including phenoxy) is 1. The molecule has 2 aromatic carbocycles. The number of hydrogen-bond acceptors (Lipinski definition) is 5. The van der Waals surface area contributed by atoms with Gasteiger partial charge in [-0.1, -0.05) is 24.3 Å². The van der Waals surface area contributed by atoms with Crippen molar-refractivity contribution in [1.29, 1.82) is 0 Å². The molecule has 0 radical (unpaired) electrons. The molecule has 132 valence electrons. The monoisotopic (exact) mass is 351 g/mol. The van der Waals surface area contributed by atoms with Gasteiger partial charge in [-0.25, -0.2) is 4.79 Å². The minimum absolute atomic E-state index is 0.252. The Morgan fingerprint density at radius 2 is 1.88 bits per heavy atom. The fourth-order valence-electron chi connectivity index (χ4n) is 3.31. The zero-order valence-electron chi connectivity index (χ0n) is 14.1. The van der Waals surface area contributed by atoms with Gasteiger partial charge in [0.2, 0.25) is 0 Å². The van der Waals surface area contributed by atoms with Gasteiger partial charge in [-0.3, -0.25) is 14.2 Å². The number of para-hydroxylation sites is 2. The summed E-state index contributed by atoms with van der Waals surface area (Å²) in [4.78, 5) is 36.2. The predicted octanol–water partition coefficient (Wildman–Crippen LogP) is 2.51. The molecular formula is C20H17NO5. The SMILES string of the molecule is O=C(Cn1c(=O)oc2ccccc21)OCC(=O)c1ccc2c(c1)CCC2. The fourth-order valence-corrected chi connectivity index (χ4v) is 3.31. The van der Waals surface area contributed by atoms with Crippen LogP contribution in [0.2, 0.25) is 0 Å². The average molecular weight is 351 g/mol. The van der Waals surface area contributed by atoms with E-state index in [-0.39, 0.29) is 18.9 Å². The minimum atomic E-state index is -0.659. The molecule has 1 aromatic heterocycles. The summed E-state index contributed by atoms with van der Waals surface area (Å²) in [5.41, 5.74) is 3.94. The molecule has 6 heteroatoms. The topological polar surface area (TPSA) is 78.5 Å². The first-order valence-corrected chi connectivity index (χ1v) is 8.51. The molecule has 4 rings (SSSR count). The second-order valence-corrected chi connectivity index (χ2v) is 6.34. The Hall–Kier alpha value is -3.15. The summed E-state index contributed by atoms with van der Waals surface area (Å²) >= 11 is 0. The number of fused-ring (bicyclic) bond motifs is 2. The van der Waals surface area contributed by atoms with Gasteiger partial charge in [-0.2, -0.15) is 0 Å². The number of carbonyl (C=O) groups excluding carboxylic acids is 2. The van der Waals surface area contributed by atoms with E-state index in [1.807, 2.05) is 12.1 Å². The number of aromatic nitrogens is 1. The number of Topliss-reactive ketones (excluding diaryl/α,β-unsaturated/α-hetero) is 1. The van der Waals surface area contributed by atoms with E-state index < -0.39 is 11.7 Å². The van der Waals surface area contributed by atoms with Crippen LogP contribution >= 0.6 is 0 Å². The van der Waals surface area contributed by atoms with Crippen molar-refractivity contribution in [3.8, 4) is 0 Å². The van der Waals surface area contributed by atoms with Gasteiger partial charge in [0.25, 0.3) is 0 Å². The van der Waals surface area contributed by atoms with Gasteiger partial charge in [-0.05, 0) is 48.6 Å². The third-order valence-corrected chi connectivity index (χ3v) is 4.65. The average Bonchev–Trinajstić information content (AvgIpc) is 3.23. The van der Waals surface area contributed by atoms with E-state index in [0.29, 0.717) is 16.7 Å². The van der Waals surface area contributed by atoms with E-state index in [0.717, 1.165) is 19.3 Å². The Labute approximate surface area is 149 Å². The zero-order valence-corrected chi connectivity index (χ0v) is 14.1. The van der Waals surface area contributed by atoms with E-state index in [9.17, 15) is 14.4 Å². The zero-order chi connectivity index (χ0) is 18.1. The van der Waals surface area contributed by atoms with Crippen LogP contribution in [-0.2, 0) is 28.9 Å². The molecule has 0 fully saturated rings. The Kier molecular flexibility index (Phi) is 4.16. The Bertz CT molecular complexity index is 1060. The lowest BCUT2D eigenvalue weighted by molar-refractivity contribution is -0.143. The number of rotatable bonds is 5. The highest BCUT2D eigenvalue weighted by Gasteiger charge is 2.17. The number of nitrogens with zero attached hydrogens (tertiary/aromatic N) is 1. The van der Waals surface area contributed by atoms with Crippen molar-refractivity contribution < 1.29 is 18.7 Å². The summed E-state index contributed by atoms with van der Waals surface area (Å²) in [5.74, 6) is -1.54. The van der Waals surface area contributed by atoms with Crippen LogP contribution in [0.1, 0.15) is 27.9 Å². The molecule has 0 aliphatic heterocycles. The van der Waals surface area contributed by atoms with Crippen LogP contribution in [0.4, 0.5) is 0 Å². The van der Waals surface area contributed by atoms with Crippen molar-refractivity contribution in [1.82, 2.24) is 4.57 Å². The van der Waals surface area contributed by atoms with Gasteiger partial charge < -0.3 is 9.15 Å². The highest BCUT2D eigenvalue weighted by Crippen LogP contribution is 2.23. The molecule has 0 N–H and O–H groups in total. The standard InChI is InChI=1S/C20H17NO5/c22-17(15-9-8-13-4-3-5-14(13)10-15)12-25-19(23)11-21-16-6-1-2-7-18(16)26-20(21)24/h1-2,6-10H,3-5,11-12H2. The quantitative estimate of drug-likeness (QED) is 0.521. The highest BCUT2D eigenvalue weighted by atomic mass is 16.5. The molecule has 1 aliphatic rings. The minimum Gasteiger partial charge on any atom is -0.456 e. The summed E-state index contributed by atoms with van der Waals surface area (Å²) in [6.45, 7) is -0.643. The van der Waals surface area contributed by atoms with Gasteiger partial charge in [0.15, 0.2) is 18.0 Å². The molecule has 6 nitrogen and oxygen atoms in total. The second kappa shape index (κ2) is 6.63. The Morgan fingerprint density at radius 1 is 1.08 bits per heavy atom. The second-order valence-electron chi connectivity index (χ2n) is 6.34. The number of esters is 1. The summed E-state index contributed by atoms with van der Waals surface area (Å²) in [6.07, 6.45) is 3.13. The lowest BCUT2D eigenvalue weighted by atomic mass is 10.0. The third kappa shape index (κ3) is 3.06. The van der Waals surface area contributed by atoms with Crippen LogP contribution in [0.3, 0.4) is 0 Å². The predicted molar refractivity (Wildman–Crippen MR) is 94.2 cm³/mol. The molecule has 0 unspecified atom stereocenters. The Morgan fingerprint density at radius 3 is 2.77 bits per heavy atom. The molecule has 3 aromatic rings. The number of carbonyl (C=O) groups is 2. The first-order valence-electron chi connectivity index (χ1n) is 8.51. The van der Waals surface area contributed by atoms with Gasteiger partial charge >= 0.3 is 11.7 Å². The van der Waals surface area contributed by atoms with E-state index in [2.05, 4.69) is 0 Å². The van der Waals surface area contributed by atoms with Crippen molar-refractivity contribution in [2.75, 3.05) is 6.61 Å². The third-order valence-electron chi connectivity index (χ3n) is 4.65. The number of benzene rings is 2. The first-order chi connectivity index (χ1) is 12.6. The molecule has 0 amide bonds. The van der Waals surface area contributed by atoms with Crippen LogP contribution in [-0.4, -0.2) is 22.9 Å². The number of hydrogen-bond donors (Lipinski definition) is 0. The van der Waals surface area contributed by atoms with Gasteiger partial charge in [0, 0.05) is 5.56 Å². The molecule has 1 aliphatic carbocycles. The molecule has 0 atom stereocenters. The maximum Gasteiger partial charge on any atom is 0.420 e. The molecular weight excluding hydrogens is 334 g/mol. The lowest BCUT2D eigenvalue weighted by Crippen LogP contribution is -2.23. The number of aryl methyl sites for hydroxylation is 2. The van der Waals surface area contributed by atoms with Crippen LogP contribution in [0.15, 0.2) is 51.7 Å². The van der Waals surface area contributed by atoms with E-state index in [4.69, 9.17) is 9.15 Å². The molecule has 26 heavy (non-hydrogen) atoms. The molecule has 1 heterocycles. The van der Waals surface area contributed by atoms with E-state index in [1.165, 1.54) is 15.7 Å². The van der Waals surface area contributed by atoms with Crippen LogP contribution in [0.5, 0.6) is 0 Å². The summed E-state index contributed by atoms with van der Waals surface area (Å²) in [6, 6.07) is 12.4. The van der Waals surface area contributed by atoms with Crippen LogP contribution in [0.25, 0.3) is 11.1 Å². The number of ketones is 1. The van der Waals surface area contributed by atoms with Crippen LogP contribution in [0, 0.1) is 0 Å².